The SMILES string of the molecule is COc1cc(OC)c(C(=O)NOCCOc2ccccc2)cc1OC. The Labute approximate surface area is 146 Å². The topological polar surface area (TPSA) is 75.3 Å². The number of rotatable bonds is 9. The molecule has 0 saturated carbocycles. The van der Waals surface area contributed by atoms with Gasteiger partial charge >= 0.3 is 0 Å². The second kappa shape index (κ2) is 9.39. The summed E-state index contributed by atoms with van der Waals surface area (Å²) in [6.45, 7) is 0.490. The number of benzene rings is 2. The molecule has 7 nitrogen and oxygen atoms in total. The zero-order valence-electron chi connectivity index (χ0n) is 14.4. The molecule has 0 spiro atoms. The minimum Gasteiger partial charge on any atom is -0.496 e. The summed E-state index contributed by atoms with van der Waals surface area (Å²) in [5, 5.41) is 0. The molecule has 0 heterocycles. The van der Waals surface area contributed by atoms with Crippen molar-refractivity contribution in [2.24, 2.45) is 0 Å². The van der Waals surface area contributed by atoms with Crippen molar-refractivity contribution < 1.29 is 28.6 Å². The van der Waals surface area contributed by atoms with Crippen molar-refractivity contribution in [1.82, 2.24) is 5.48 Å². The molecule has 2 rings (SSSR count). The molecule has 0 atom stereocenters. The monoisotopic (exact) mass is 347 g/mol. The summed E-state index contributed by atoms with van der Waals surface area (Å²) >= 11 is 0. The first kappa shape index (κ1) is 18.4. The van der Waals surface area contributed by atoms with Crippen LogP contribution in [0.4, 0.5) is 0 Å². The van der Waals surface area contributed by atoms with Gasteiger partial charge in [0.1, 0.15) is 24.7 Å². The lowest BCUT2D eigenvalue weighted by Crippen LogP contribution is -2.26. The van der Waals surface area contributed by atoms with Gasteiger partial charge in [-0.2, -0.15) is 0 Å². The lowest BCUT2D eigenvalue weighted by molar-refractivity contribution is 0.0198. The van der Waals surface area contributed by atoms with Crippen LogP contribution in [0.15, 0.2) is 42.5 Å². The Kier molecular flexibility index (Phi) is 6.91. The second-order valence-corrected chi connectivity index (χ2v) is 4.85. The van der Waals surface area contributed by atoms with Gasteiger partial charge in [0, 0.05) is 12.1 Å². The maximum Gasteiger partial charge on any atom is 0.278 e. The fourth-order valence-corrected chi connectivity index (χ4v) is 2.10. The van der Waals surface area contributed by atoms with E-state index in [9.17, 15) is 4.79 Å². The third-order valence-corrected chi connectivity index (χ3v) is 3.31. The van der Waals surface area contributed by atoms with E-state index < -0.39 is 5.91 Å². The molecular weight excluding hydrogens is 326 g/mol. The molecule has 0 saturated heterocycles. The summed E-state index contributed by atoms with van der Waals surface area (Å²) in [5.41, 5.74) is 2.62. The lowest BCUT2D eigenvalue weighted by atomic mass is 10.1. The lowest BCUT2D eigenvalue weighted by Gasteiger charge is -2.14. The summed E-state index contributed by atoms with van der Waals surface area (Å²) in [4.78, 5) is 17.4. The first-order chi connectivity index (χ1) is 12.2. The number of methoxy groups -OCH3 is 3. The Morgan fingerprint density at radius 2 is 1.52 bits per heavy atom. The highest BCUT2D eigenvalue weighted by Gasteiger charge is 2.17. The first-order valence-corrected chi connectivity index (χ1v) is 7.59. The smallest absolute Gasteiger partial charge is 0.278 e. The highest BCUT2D eigenvalue weighted by Crippen LogP contribution is 2.34. The number of hydroxylamine groups is 1. The standard InChI is InChI=1S/C18H21NO6/c1-21-15-12-17(23-3)16(22-2)11-14(15)18(20)19-25-10-9-24-13-7-5-4-6-8-13/h4-8,11-12H,9-10H2,1-3H3,(H,19,20). The van der Waals surface area contributed by atoms with Crippen LogP contribution in [0.3, 0.4) is 0 Å². The third-order valence-electron chi connectivity index (χ3n) is 3.31. The number of ether oxygens (including phenoxy) is 4. The van der Waals surface area contributed by atoms with Gasteiger partial charge in [-0.3, -0.25) is 9.63 Å². The molecule has 1 N–H and O–H groups in total. The van der Waals surface area contributed by atoms with Crippen LogP contribution in [0.5, 0.6) is 23.0 Å². The van der Waals surface area contributed by atoms with Gasteiger partial charge in [0.05, 0.1) is 26.9 Å². The number of carbonyl (C=O) groups is 1. The van der Waals surface area contributed by atoms with Gasteiger partial charge < -0.3 is 18.9 Å². The number of hydrogen-bond donors (Lipinski definition) is 1. The summed E-state index contributed by atoms with van der Waals surface area (Å²) in [6.07, 6.45) is 0. The van der Waals surface area contributed by atoms with Crippen molar-refractivity contribution >= 4 is 5.91 Å². The zero-order chi connectivity index (χ0) is 18.1. The van der Waals surface area contributed by atoms with Crippen molar-refractivity contribution in [2.75, 3.05) is 34.5 Å². The first-order valence-electron chi connectivity index (χ1n) is 7.59. The van der Waals surface area contributed by atoms with E-state index in [1.807, 2.05) is 30.3 Å². The Hall–Kier alpha value is -2.93. The molecule has 2 aromatic carbocycles. The fourth-order valence-electron chi connectivity index (χ4n) is 2.10. The van der Waals surface area contributed by atoms with E-state index in [-0.39, 0.29) is 12.2 Å². The van der Waals surface area contributed by atoms with Crippen LogP contribution in [0.1, 0.15) is 10.4 Å². The summed E-state index contributed by atoms with van der Waals surface area (Å²) in [7, 11) is 4.46. The van der Waals surface area contributed by atoms with E-state index in [4.69, 9.17) is 23.8 Å². The number of para-hydroxylation sites is 1. The molecule has 0 bridgehead atoms. The molecule has 0 fully saturated rings. The van der Waals surface area contributed by atoms with Gasteiger partial charge in [0.15, 0.2) is 11.5 Å². The van der Waals surface area contributed by atoms with Crippen LogP contribution in [0.2, 0.25) is 0 Å². The van der Waals surface area contributed by atoms with Crippen LogP contribution >= 0.6 is 0 Å². The fraction of sp³-hybridized carbons (Fsp3) is 0.278. The predicted octanol–water partition coefficient (Wildman–Crippen LogP) is 2.45. The van der Waals surface area contributed by atoms with Gasteiger partial charge in [-0.15, -0.1) is 0 Å². The number of hydrogen-bond acceptors (Lipinski definition) is 6. The molecule has 0 radical (unpaired) electrons. The van der Waals surface area contributed by atoms with Crippen LogP contribution in [0, 0.1) is 0 Å². The Bertz CT molecular complexity index is 689. The number of carbonyl (C=O) groups excluding carboxylic acids is 1. The molecule has 134 valence electrons. The van der Waals surface area contributed by atoms with Crippen molar-refractivity contribution in [1.29, 1.82) is 0 Å². The Morgan fingerprint density at radius 3 is 2.16 bits per heavy atom. The minimum absolute atomic E-state index is 0.191. The second-order valence-electron chi connectivity index (χ2n) is 4.85. The van der Waals surface area contributed by atoms with Gasteiger partial charge in [0.2, 0.25) is 0 Å². The van der Waals surface area contributed by atoms with Crippen LogP contribution in [-0.4, -0.2) is 40.5 Å². The molecule has 25 heavy (non-hydrogen) atoms. The minimum atomic E-state index is -0.461. The van der Waals surface area contributed by atoms with E-state index in [1.165, 1.54) is 27.4 Å². The predicted molar refractivity (Wildman–Crippen MR) is 91.5 cm³/mol. The van der Waals surface area contributed by atoms with Gasteiger partial charge in [-0.05, 0) is 12.1 Å². The summed E-state index contributed by atoms with van der Waals surface area (Å²) in [5.74, 6) is 1.50. The molecule has 1 amide bonds. The van der Waals surface area contributed by atoms with Gasteiger partial charge in [-0.1, -0.05) is 18.2 Å². The van der Waals surface area contributed by atoms with Gasteiger partial charge in [0.25, 0.3) is 5.91 Å². The van der Waals surface area contributed by atoms with Crippen LogP contribution in [-0.2, 0) is 4.84 Å². The molecule has 2 aromatic rings. The molecule has 0 unspecified atom stereocenters. The molecule has 0 aliphatic carbocycles. The third kappa shape index (κ3) is 5.02. The highest BCUT2D eigenvalue weighted by atomic mass is 16.7. The quantitative estimate of drug-likeness (QED) is 0.555. The number of amides is 1. The average molecular weight is 347 g/mol. The van der Waals surface area contributed by atoms with E-state index >= 15 is 0 Å². The van der Waals surface area contributed by atoms with Crippen molar-refractivity contribution in [2.45, 2.75) is 0 Å². The Balaban J connectivity index is 1.89. The van der Waals surface area contributed by atoms with Crippen molar-refractivity contribution in [3.8, 4) is 23.0 Å². The van der Waals surface area contributed by atoms with E-state index in [2.05, 4.69) is 5.48 Å². The van der Waals surface area contributed by atoms with Crippen LogP contribution < -0.4 is 24.4 Å². The summed E-state index contributed by atoms with van der Waals surface area (Å²) in [6, 6.07) is 12.4. The number of nitrogens with one attached hydrogen (secondary N) is 1. The van der Waals surface area contributed by atoms with E-state index in [0.717, 1.165) is 5.75 Å². The maximum absolute atomic E-state index is 12.3. The molecular formula is C18H21NO6. The van der Waals surface area contributed by atoms with Gasteiger partial charge in [-0.25, -0.2) is 5.48 Å². The molecule has 7 heteroatoms. The average Bonchev–Trinajstić information content (AvgIpc) is 2.67. The largest absolute Gasteiger partial charge is 0.496 e. The summed E-state index contributed by atoms with van der Waals surface area (Å²) < 4.78 is 21.1. The zero-order valence-corrected chi connectivity index (χ0v) is 14.4. The van der Waals surface area contributed by atoms with Crippen LogP contribution in [0.25, 0.3) is 0 Å². The molecule has 0 aliphatic rings. The van der Waals surface area contributed by atoms with Crippen molar-refractivity contribution in [3.63, 3.8) is 0 Å². The molecule has 0 aliphatic heterocycles. The molecule has 0 aromatic heterocycles. The van der Waals surface area contributed by atoms with E-state index in [0.29, 0.717) is 23.9 Å². The normalized spacial score (nSPS) is 10.0. The van der Waals surface area contributed by atoms with Crippen molar-refractivity contribution in [3.05, 3.63) is 48.0 Å². The van der Waals surface area contributed by atoms with E-state index in [1.54, 1.807) is 6.07 Å². The Morgan fingerprint density at radius 1 is 0.880 bits per heavy atom. The maximum atomic E-state index is 12.3. The highest BCUT2D eigenvalue weighted by molar-refractivity contribution is 5.97.